The van der Waals surface area contributed by atoms with Crippen molar-refractivity contribution in [3.8, 4) is 11.6 Å². The zero-order chi connectivity index (χ0) is 19.5. The summed E-state index contributed by atoms with van der Waals surface area (Å²) in [5.74, 6) is 0.846. The first-order chi connectivity index (χ1) is 13.6. The first-order valence-electron chi connectivity index (χ1n) is 9.83. The van der Waals surface area contributed by atoms with Gasteiger partial charge in [0.1, 0.15) is 17.7 Å². The van der Waals surface area contributed by atoms with Crippen molar-refractivity contribution >= 4 is 5.91 Å². The normalized spacial score (nSPS) is 14.1. The highest BCUT2D eigenvalue weighted by Gasteiger charge is 2.23. The van der Waals surface area contributed by atoms with Crippen molar-refractivity contribution in [2.75, 3.05) is 26.2 Å². The van der Waals surface area contributed by atoms with Crippen molar-refractivity contribution < 1.29 is 9.21 Å². The van der Waals surface area contributed by atoms with Crippen LogP contribution in [0.1, 0.15) is 54.5 Å². The van der Waals surface area contributed by atoms with Gasteiger partial charge >= 0.3 is 0 Å². The van der Waals surface area contributed by atoms with Crippen LogP contribution in [0.4, 0.5) is 0 Å². The second kappa shape index (κ2) is 9.09. The predicted molar refractivity (Wildman–Crippen MR) is 115 cm³/mol. The van der Waals surface area contributed by atoms with Crippen LogP contribution in [-0.2, 0) is 6.42 Å². The molecule has 29 heavy (non-hydrogen) atoms. The van der Waals surface area contributed by atoms with Gasteiger partial charge in [0.2, 0.25) is 5.89 Å². The van der Waals surface area contributed by atoms with E-state index in [0.717, 1.165) is 43.1 Å². The minimum Gasteiger partial charge on any atom is -0.443 e. The van der Waals surface area contributed by atoms with Crippen LogP contribution in [0.25, 0.3) is 11.6 Å². The van der Waals surface area contributed by atoms with Crippen molar-refractivity contribution in [1.29, 1.82) is 0 Å². The fourth-order valence-corrected chi connectivity index (χ4v) is 3.46. The monoisotopic (exact) mass is 394 g/mol. The van der Waals surface area contributed by atoms with Crippen molar-refractivity contribution in [3.05, 3.63) is 65.2 Å². The summed E-state index contributed by atoms with van der Waals surface area (Å²) >= 11 is 0. The highest BCUT2D eigenvalue weighted by Crippen LogP contribution is 2.28. The summed E-state index contributed by atoms with van der Waals surface area (Å²) in [4.78, 5) is 22.8. The second-order valence-corrected chi connectivity index (χ2v) is 7.52. The van der Waals surface area contributed by atoms with Gasteiger partial charge in [0.25, 0.3) is 5.91 Å². The Balaban J connectivity index is 0.00000240. The molecule has 1 saturated heterocycles. The molecule has 0 spiro atoms. The maximum absolute atomic E-state index is 13.0. The van der Waals surface area contributed by atoms with Crippen LogP contribution in [0.15, 0.2) is 47.1 Å². The van der Waals surface area contributed by atoms with Gasteiger partial charge < -0.3 is 19.6 Å². The molecule has 1 aliphatic rings. The van der Waals surface area contributed by atoms with Gasteiger partial charge in [-0.2, -0.15) is 0 Å². The van der Waals surface area contributed by atoms with E-state index < -0.39 is 0 Å². The van der Waals surface area contributed by atoms with Gasteiger partial charge in [-0.15, -0.1) is 0 Å². The number of hydrogen-bond donors (Lipinski definition) is 2. The Bertz CT molecular complexity index is 937. The lowest BCUT2D eigenvalue weighted by Crippen LogP contribution is -2.46. The third-order valence-electron chi connectivity index (χ3n) is 5.10. The number of oxazole rings is 1. The van der Waals surface area contributed by atoms with Crippen LogP contribution in [-0.4, -0.2) is 47.0 Å². The molecule has 6 nitrogen and oxygen atoms in total. The van der Waals surface area contributed by atoms with E-state index >= 15 is 0 Å². The molecule has 2 aromatic heterocycles. The van der Waals surface area contributed by atoms with Crippen LogP contribution in [0, 0.1) is 0 Å². The highest BCUT2D eigenvalue weighted by molar-refractivity contribution is 5.94. The van der Waals surface area contributed by atoms with Gasteiger partial charge in [-0.1, -0.05) is 51.6 Å². The molecule has 1 fully saturated rings. The number of rotatable bonds is 5. The molecule has 2 N–H and O–H groups in total. The van der Waals surface area contributed by atoms with E-state index in [1.54, 1.807) is 6.26 Å². The Morgan fingerprint density at radius 3 is 2.59 bits per heavy atom. The standard InChI is InChI=1S/C22H26N4O2.CH4/c1-15(2)19-14-28-21(25-19)20-17(12-16-6-4-3-5-7-16)13-18(24-20)22(27)26-10-8-23-9-11-26;/h3-7,13-15,23-24H,8-12H2,1-2H3;1H4. The number of aromatic nitrogens is 2. The first kappa shape index (κ1) is 20.9. The summed E-state index contributed by atoms with van der Waals surface area (Å²) in [6.45, 7) is 7.26. The summed E-state index contributed by atoms with van der Waals surface area (Å²) in [7, 11) is 0. The smallest absolute Gasteiger partial charge is 0.270 e. The molecule has 1 aliphatic heterocycles. The molecule has 0 bridgehead atoms. The lowest BCUT2D eigenvalue weighted by atomic mass is 10.0. The number of nitrogens with one attached hydrogen (secondary N) is 2. The molecule has 3 aromatic rings. The molecule has 0 aliphatic carbocycles. The van der Waals surface area contributed by atoms with Crippen LogP contribution >= 0.6 is 0 Å². The number of carbonyl (C=O) groups excluding carboxylic acids is 1. The summed E-state index contributed by atoms with van der Waals surface area (Å²) in [5.41, 5.74) is 4.48. The predicted octanol–water partition coefficient (Wildman–Crippen LogP) is 4.07. The van der Waals surface area contributed by atoms with Gasteiger partial charge in [0.05, 0.1) is 5.69 Å². The maximum Gasteiger partial charge on any atom is 0.270 e. The number of carbonyl (C=O) groups is 1. The van der Waals surface area contributed by atoms with Gasteiger partial charge in [-0.25, -0.2) is 4.98 Å². The minimum absolute atomic E-state index is 0. The number of nitrogens with zero attached hydrogens (tertiary/aromatic N) is 2. The van der Waals surface area contributed by atoms with Crippen LogP contribution in [0.5, 0.6) is 0 Å². The average molecular weight is 395 g/mol. The summed E-state index contributed by atoms with van der Waals surface area (Å²) in [6.07, 6.45) is 2.41. The average Bonchev–Trinajstić information content (AvgIpc) is 3.36. The van der Waals surface area contributed by atoms with Gasteiger partial charge in [0, 0.05) is 26.2 Å². The SMILES string of the molecule is C.CC(C)c1coc(-c2[nH]c(C(=O)N3CCNCC3)cc2Cc2ccccc2)n1. The summed E-state index contributed by atoms with van der Waals surface area (Å²) in [5, 5.41) is 3.28. The van der Waals surface area contributed by atoms with Crippen LogP contribution < -0.4 is 5.32 Å². The van der Waals surface area contributed by atoms with Crippen molar-refractivity contribution in [3.63, 3.8) is 0 Å². The van der Waals surface area contributed by atoms with E-state index in [1.165, 1.54) is 5.56 Å². The topological polar surface area (TPSA) is 74.2 Å². The molecular formula is C23H30N4O2. The second-order valence-electron chi connectivity index (χ2n) is 7.52. The molecule has 0 atom stereocenters. The lowest BCUT2D eigenvalue weighted by Gasteiger charge is -2.26. The third kappa shape index (κ3) is 4.59. The highest BCUT2D eigenvalue weighted by atomic mass is 16.3. The molecular weight excluding hydrogens is 364 g/mol. The largest absolute Gasteiger partial charge is 0.443 e. The lowest BCUT2D eigenvalue weighted by molar-refractivity contribution is 0.0730. The Morgan fingerprint density at radius 2 is 1.93 bits per heavy atom. The fourth-order valence-electron chi connectivity index (χ4n) is 3.46. The Kier molecular flexibility index (Phi) is 6.54. The number of benzene rings is 1. The van der Waals surface area contributed by atoms with Crippen LogP contribution in [0.3, 0.4) is 0 Å². The van der Waals surface area contributed by atoms with E-state index in [9.17, 15) is 4.79 Å². The van der Waals surface area contributed by atoms with Crippen LogP contribution in [0.2, 0.25) is 0 Å². The summed E-state index contributed by atoms with van der Waals surface area (Å²) in [6, 6.07) is 12.2. The molecule has 1 aromatic carbocycles. The summed E-state index contributed by atoms with van der Waals surface area (Å²) < 4.78 is 5.75. The van der Waals surface area contributed by atoms with Gasteiger partial charge in [-0.3, -0.25) is 4.79 Å². The van der Waals surface area contributed by atoms with Gasteiger partial charge in [0.15, 0.2) is 0 Å². The number of piperazine rings is 1. The Morgan fingerprint density at radius 1 is 1.21 bits per heavy atom. The van der Waals surface area contributed by atoms with Crippen molar-refractivity contribution in [2.45, 2.75) is 33.6 Å². The molecule has 0 radical (unpaired) electrons. The molecule has 0 unspecified atom stereocenters. The van der Waals surface area contributed by atoms with E-state index in [2.05, 4.69) is 41.3 Å². The van der Waals surface area contributed by atoms with E-state index in [1.807, 2.05) is 29.2 Å². The minimum atomic E-state index is 0. The number of amides is 1. The molecule has 6 heteroatoms. The van der Waals surface area contributed by atoms with E-state index in [-0.39, 0.29) is 19.3 Å². The van der Waals surface area contributed by atoms with Crippen molar-refractivity contribution in [2.24, 2.45) is 0 Å². The number of hydrogen-bond acceptors (Lipinski definition) is 4. The van der Waals surface area contributed by atoms with Crippen molar-refractivity contribution in [1.82, 2.24) is 20.2 Å². The third-order valence-corrected chi connectivity index (χ3v) is 5.10. The molecule has 0 saturated carbocycles. The Labute approximate surface area is 172 Å². The Hall–Kier alpha value is -2.86. The molecule has 3 heterocycles. The number of H-pyrrole nitrogens is 1. The van der Waals surface area contributed by atoms with E-state index in [4.69, 9.17) is 4.42 Å². The number of aromatic amines is 1. The van der Waals surface area contributed by atoms with Gasteiger partial charge in [-0.05, 0) is 29.5 Å². The fraction of sp³-hybridized carbons (Fsp3) is 0.391. The quantitative estimate of drug-likeness (QED) is 0.684. The molecule has 154 valence electrons. The maximum atomic E-state index is 13.0. The molecule has 1 amide bonds. The first-order valence-corrected chi connectivity index (χ1v) is 9.83. The zero-order valence-corrected chi connectivity index (χ0v) is 16.4. The van der Waals surface area contributed by atoms with E-state index in [0.29, 0.717) is 18.0 Å². The zero-order valence-electron chi connectivity index (χ0n) is 16.4. The molecule has 4 rings (SSSR count).